The van der Waals surface area contributed by atoms with Gasteiger partial charge in [0.1, 0.15) is 0 Å². The lowest BCUT2D eigenvalue weighted by Crippen LogP contribution is -1.92. The molecule has 0 rings (SSSR count). The molecule has 72 valence electrons. The maximum absolute atomic E-state index is 10.1. The van der Waals surface area contributed by atoms with Crippen LogP contribution in [0.4, 0.5) is 0 Å². The van der Waals surface area contributed by atoms with E-state index in [4.69, 9.17) is 5.11 Å². The van der Waals surface area contributed by atoms with Crippen LogP contribution in [-0.2, 0) is 4.79 Å². The van der Waals surface area contributed by atoms with Crippen molar-refractivity contribution in [3.63, 3.8) is 0 Å². The molecule has 0 bridgehead atoms. The number of carboxylic acid groups (broad SMARTS) is 1. The molecular formula is C11H16O2. The quantitative estimate of drug-likeness (QED) is 0.371. The Morgan fingerprint density at radius 2 is 2.08 bits per heavy atom. The van der Waals surface area contributed by atoms with Gasteiger partial charge in [-0.3, -0.25) is 4.79 Å². The normalized spacial score (nSPS) is 11.1. The predicted molar refractivity (Wildman–Crippen MR) is 54.6 cm³/mol. The van der Waals surface area contributed by atoms with Crippen molar-refractivity contribution in [1.82, 2.24) is 0 Å². The maximum atomic E-state index is 10.1. The van der Waals surface area contributed by atoms with Crippen LogP contribution in [0, 0.1) is 0 Å². The van der Waals surface area contributed by atoms with Crippen molar-refractivity contribution in [2.75, 3.05) is 0 Å². The number of allylic oxidation sites excluding steroid dienone is 5. The van der Waals surface area contributed by atoms with Crippen molar-refractivity contribution in [2.24, 2.45) is 0 Å². The van der Waals surface area contributed by atoms with Crippen molar-refractivity contribution in [1.29, 1.82) is 0 Å². The fourth-order valence-electron chi connectivity index (χ4n) is 0.839. The molecule has 0 aromatic carbocycles. The van der Waals surface area contributed by atoms with E-state index in [1.54, 1.807) is 6.08 Å². The Bertz CT molecular complexity index is 202. The van der Waals surface area contributed by atoms with Crippen LogP contribution < -0.4 is 0 Å². The van der Waals surface area contributed by atoms with Gasteiger partial charge in [0.05, 0.1) is 0 Å². The molecule has 0 radical (unpaired) electrons. The second-order valence-electron chi connectivity index (χ2n) is 2.66. The van der Waals surface area contributed by atoms with Gasteiger partial charge < -0.3 is 5.11 Å². The van der Waals surface area contributed by atoms with Gasteiger partial charge in [0.2, 0.25) is 0 Å². The lowest BCUT2D eigenvalue weighted by molar-refractivity contribution is -0.137. The minimum atomic E-state index is -0.722. The Morgan fingerprint density at radius 3 is 2.69 bits per heavy atom. The van der Waals surface area contributed by atoms with E-state index in [0.717, 1.165) is 19.3 Å². The van der Waals surface area contributed by atoms with Crippen molar-refractivity contribution in [2.45, 2.75) is 25.7 Å². The van der Waals surface area contributed by atoms with Gasteiger partial charge in [0.25, 0.3) is 0 Å². The summed E-state index contributed by atoms with van der Waals surface area (Å²) < 4.78 is 0. The highest BCUT2D eigenvalue weighted by Crippen LogP contribution is 1.97. The van der Waals surface area contributed by atoms with Crippen LogP contribution in [0.1, 0.15) is 25.7 Å². The molecule has 0 aromatic heterocycles. The maximum Gasteiger partial charge on any atom is 0.303 e. The van der Waals surface area contributed by atoms with Crippen LogP contribution >= 0.6 is 0 Å². The molecule has 2 heteroatoms. The van der Waals surface area contributed by atoms with Gasteiger partial charge in [-0.1, -0.05) is 37.0 Å². The molecule has 2 nitrogen and oxygen atoms in total. The third-order valence-electron chi connectivity index (χ3n) is 1.47. The molecule has 0 saturated heterocycles. The molecule has 0 aromatic rings. The zero-order chi connectivity index (χ0) is 9.94. The Kier molecular flexibility index (Phi) is 7.90. The summed E-state index contributed by atoms with van der Waals surface area (Å²) in [6.07, 6.45) is 12.4. The Hall–Kier alpha value is -1.31. The molecule has 0 aliphatic heterocycles. The molecule has 0 heterocycles. The van der Waals surface area contributed by atoms with Gasteiger partial charge in [0.15, 0.2) is 0 Å². The highest BCUT2D eigenvalue weighted by Gasteiger charge is 1.92. The van der Waals surface area contributed by atoms with Crippen LogP contribution in [0.15, 0.2) is 37.0 Å². The van der Waals surface area contributed by atoms with Gasteiger partial charge in [-0.2, -0.15) is 0 Å². The first kappa shape index (κ1) is 11.7. The van der Waals surface area contributed by atoms with Gasteiger partial charge in [0, 0.05) is 6.42 Å². The third kappa shape index (κ3) is 10.7. The van der Waals surface area contributed by atoms with Crippen molar-refractivity contribution in [3.05, 3.63) is 37.0 Å². The standard InChI is InChI=1S/C11H16O2/c1-2-3-4-5-6-7-8-9-10-11(12)13/h2-4,6-7H,1,5,8-10H2,(H,12,13)/b4-3+,7-6+. The molecule has 0 unspecified atom stereocenters. The predicted octanol–water partition coefficient (Wildman–Crippen LogP) is 2.93. The average Bonchev–Trinajstić information content (AvgIpc) is 2.09. The zero-order valence-electron chi connectivity index (χ0n) is 7.78. The van der Waals surface area contributed by atoms with E-state index in [9.17, 15) is 4.79 Å². The Balaban J connectivity index is 3.26. The van der Waals surface area contributed by atoms with Gasteiger partial charge in [-0.15, -0.1) is 0 Å². The van der Waals surface area contributed by atoms with Gasteiger partial charge in [-0.25, -0.2) is 0 Å². The van der Waals surface area contributed by atoms with E-state index in [0.29, 0.717) is 0 Å². The second-order valence-corrected chi connectivity index (χ2v) is 2.66. The first-order valence-corrected chi connectivity index (χ1v) is 4.41. The molecular weight excluding hydrogens is 164 g/mol. The Morgan fingerprint density at radius 1 is 1.31 bits per heavy atom. The zero-order valence-corrected chi connectivity index (χ0v) is 7.78. The van der Waals surface area contributed by atoms with Crippen LogP contribution in [0.2, 0.25) is 0 Å². The van der Waals surface area contributed by atoms with E-state index in [2.05, 4.69) is 6.58 Å². The number of carboxylic acids is 1. The number of hydrogen-bond acceptors (Lipinski definition) is 1. The number of unbranched alkanes of at least 4 members (excludes halogenated alkanes) is 1. The summed E-state index contributed by atoms with van der Waals surface area (Å²) >= 11 is 0. The van der Waals surface area contributed by atoms with E-state index >= 15 is 0 Å². The van der Waals surface area contributed by atoms with E-state index in [1.807, 2.05) is 24.3 Å². The lowest BCUT2D eigenvalue weighted by atomic mass is 10.2. The number of rotatable bonds is 7. The molecule has 0 aliphatic rings. The molecule has 1 N–H and O–H groups in total. The van der Waals surface area contributed by atoms with E-state index in [1.165, 1.54) is 0 Å². The van der Waals surface area contributed by atoms with Gasteiger partial charge >= 0.3 is 5.97 Å². The summed E-state index contributed by atoms with van der Waals surface area (Å²) in [5, 5.41) is 8.34. The topological polar surface area (TPSA) is 37.3 Å². The van der Waals surface area contributed by atoms with Crippen molar-refractivity contribution >= 4 is 5.97 Å². The van der Waals surface area contributed by atoms with Crippen molar-refractivity contribution < 1.29 is 9.90 Å². The largest absolute Gasteiger partial charge is 0.481 e. The SMILES string of the molecule is C=C/C=C/C/C=C/CCCC(=O)O. The smallest absolute Gasteiger partial charge is 0.303 e. The average molecular weight is 180 g/mol. The Labute approximate surface area is 79.3 Å². The fraction of sp³-hybridized carbons (Fsp3) is 0.364. The van der Waals surface area contributed by atoms with Crippen LogP contribution in [0.25, 0.3) is 0 Å². The summed E-state index contributed by atoms with van der Waals surface area (Å²) in [5.74, 6) is -0.722. The fourth-order valence-corrected chi connectivity index (χ4v) is 0.839. The molecule has 0 amide bonds. The number of carbonyl (C=O) groups is 1. The molecule has 0 aliphatic carbocycles. The van der Waals surface area contributed by atoms with E-state index < -0.39 is 5.97 Å². The summed E-state index contributed by atoms with van der Waals surface area (Å²) in [4.78, 5) is 10.1. The second kappa shape index (κ2) is 8.78. The minimum Gasteiger partial charge on any atom is -0.481 e. The summed E-state index contributed by atoms with van der Waals surface area (Å²) in [7, 11) is 0. The molecule has 0 saturated carbocycles. The first-order chi connectivity index (χ1) is 6.27. The first-order valence-electron chi connectivity index (χ1n) is 4.41. The number of aliphatic carboxylic acids is 1. The highest BCUT2D eigenvalue weighted by molar-refractivity contribution is 5.66. The monoisotopic (exact) mass is 180 g/mol. The van der Waals surface area contributed by atoms with Crippen LogP contribution in [0.5, 0.6) is 0 Å². The summed E-state index contributed by atoms with van der Waals surface area (Å²) in [6, 6.07) is 0. The van der Waals surface area contributed by atoms with Crippen molar-refractivity contribution in [3.8, 4) is 0 Å². The molecule has 0 atom stereocenters. The molecule has 13 heavy (non-hydrogen) atoms. The van der Waals surface area contributed by atoms with Crippen LogP contribution in [0.3, 0.4) is 0 Å². The number of hydrogen-bond donors (Lipinski definition) is 1. The minimum absolute atomic E-state index is 0.257. The lowest BCUT2D eigenvalue weighted by Gasteiger charge is -1.89. The molecule has 0 spiro atoms. The highest BCUT2D eigenvalue weighted by atomic mass is 16.4. The van der Waals surface area contributed by atoms with Gasteiger partial charge in [-0.05, 0) is 19.3 Å². The summed E-state index contributed by atoms with van der Waals surface area (Å²) in [5.41, 5.74) is 0. The van der Waals surface area contributed by atoms with E-state index in [-0.39, 0.29) is 6.42 Å². The third-order valence-corrected chi connectivity index (χ3v) is 1.47. The molecule has 0 fully saturated rings. The van der Waals surface area contributed by atoms with Crippen LogP contribution in [-0.4, -0.2) is 11.1 Å². The summed E-state index contributed by atoms with van der Waals surface area (Å²) in [6.45, 7) is 3.55.